The molecule has 2 unspecified atom stereocenters. The van der Waals surface area contributed by atoms with Crippen LogP contribution in [0.2, 0.25) is 0 Å². The van der Waals surface area contributed by atoms with Crippen molar-refractivity contribution in [2.75, 3.05) is 26.7 Å². The van der Waals surface area contributed by atoms with E-state index in [2.05, 4.69) is 24.2 Å². The third-order valence-corrected chi connectivity index (χ3v) is 3.50. The van der Waals surface area contributed by atoms with E-state index < -0.39 is 0 Å². The molecule has 2 rings (SSSR count). The molecule has 0 spiro atoms. The van der Waals surface area contributed by atoms with Crippen molar-refractivity contribution in [2.24, 2.45) is 11.8 Å². The van der Waals surface area contributed by atoms with E-state index in [4.69, 9.17) is 0 Å². The summed E-state index contributed by atoms with van der Waals surface area (Å²) in [5.74, 6) is 1.93. The largest absolute Gasteiger partial charge is 0.314 e. The van der Waals surface area contributed by atoms with E-state index in [1.807, 2.05) is 0 Å². The molecule has 1 saturated carbocycles. The van der Waals surface area contributed by atoms with Crippen molar-refractivity contribution in [3.63, 3.8) is 0 Å². The van der Waals surface area contributed by atoms with Crippen LogP contribution < -0.4 is 5.32 Å². The topological polar surface area (TPSA) is 15.3 Å². The molecule has 0 bridgehead atoms. The average Bonchev–Trinajstić information content (AvgIpc) is 2.79. The summed E-state index contributed by atoms with van der Waals surface area (Å²) in [6.07, 6.45) is 4.32. The average molecular weight is 182 g/mol. The van der Waals surface area contributed by atoms with Gasteiger partial charge in [-0.25, -0.2) is 0 Å². The second-order valence-electron chi connectivity index (χ2n) is 4.96. The van der Waals surface area contributed by atoms with Crippen LogP contribution in [0, 0.1) is 11.8 Å². The molecule has 0 radical (unpaired) electrons. The Morgan fingerprint density at radius 3 is 2.54 bits per heavy atom. The number of nitrogens with zero attached hydrogens (tertiary/aromatic N) is 1. The van der Waals surface area contributed by atoms with E-state index in [1.165, 1.54) is 38.9 Å². The van der Waals surface area contributed by atoms with Gasteiger partial charge in [-0.15, -0.1) is 0 Å². The fourth-order valence-electron chi connectivity index (χ4n) is 2.38. The molecule has 1 saturated heterocycles. The van der Waals surface area contributed by atoms with Gasteiger partial charge in [0.2, 0.25) is 0 Å². The standard InChI is InChI=1S/C11H22N2/c1-9-11(5-6-12-9)8-13(2)7-10-3-4-10/h9-12H,3-8H2,1-2H3. The molecule has 0 amide bonds. The third kappa shape index (κ3) is 2.68. The van der Waals surface area contributed by atoms with Crippen LogP contribution in [-0.4, -0.2) is 37.6 Å². The maximum absolute atomic E-state index is 3.52. The Morgan fingerprint density at radius 2 is 2.00 bits per heavy atom. The predicted molar refractivity (Wildman–Crippen MR) is 55.8 cm³/mol. The molecule has 0 aromatic heterocycles. The van der Waals surface area contributed by atoms with Gasteiger partial charge in [-0.3, -0.25) is 0 Å². The van der Waals surface area contributed by atoms with Gasteiger partial charge in [0.15, 0.2) is 0 Å². The minimum Gasteiger partial charge on any atom is -0.314 e. The highest BCUT2D eigenvalue weighted by molar-refractivity contribution is 4.83. The summed E-state index contributed by atoms with van der Waals surface area (Å²) < 4.78 is 0. The summed E-state index contributed by atoms with van der Waals surface area (Å²) >= 11 is 0. The SMILES string of the molecule is CC1NCCC1CN(C)CC1CC1. The van der Waals surface area contributed by atoms with Crippen molar-refractivity contribution in [3.8, 4) is 0 Å². The molecule has 1 aliphatic carbocycles. The lowest BCUT2D eigenvalue weighted by Crippen LogP contribution is -2.33. The van der Waals surface area contributed by atoms with Gasteiger partial charge in [0.1, 0.15) is 0 Å². The highest BCUT2D eigenvalue weighted by Crippen LogP contribution is 2.29. The first kappa shape index (κ1) is 9.47. The second kappa shape index (κ2) is 3.97. The van der Waals surface area contributed by atoms with Crippen LogP contribution in [0.3, 0.4) is 0 Å². The fraction of sp³-hybridized carbons (Fsp3) is 1.00. The van der Waals surface area contributed by atoms with Gasteiger partial charge in [-0.05, 0) is 51.6 Å². The van der Waals surface area contributed by atoms with Gasteiger partial charge in [-0.2, -0.15) is 0 Å². The third-order valence-electron chi connectivity index (χ3n) is 3.50. The van der Waals surface area contributed by atoms with Gasteiger partial charge >= 0.3 is 0 Å². The molecule has 0 aromatic carbocycles. The van der Waals surface area contributed by atoms with Crippen molar-refractivity contribution >= 4 is 0 Å². The molecule has 2 fully saturated rings. The van der Waals surface area contributed by atoms with E-state index in [-0.39, 0.29) is 0 Å². The van der Waals surface area contributed by atoms with Crippen LogP contribution in [0.4, 0.5) is 0 Å². The summed E-state index contributed by atoms with van der Waals surface area (Å²) in [5, 5.41) is 3.52. The van der Waals surface area contributed by atoms with E-state index >= 15 is 0 Å². The lowest BCUT2D eigenvalue weighted by atomic mass is 10.0. The van der Waals surface area contributed by atoms with Crippen molar-refractivity contribution in [3.05, 3.63) is 0 Å². The zero-order valence-electron chi connectivity index (χ0n) is 8.92. The Bertz CT molecular complexity index is 165. The molecule has 13 heavy (non-hydrogen) atoms. The zero-order chi connectivity index (χ0) is 9.26. The highest BCUT2D eigenvalue weighted by Gasteiger charge is 2.27. The highest BCUT2D eigenvalue weighted by atomic mass is 15.1. The van der Waals surface area contributed by atoms with Crippen molar-refractivity contribution in [1.82, 2.24) is 10.2 Å². The lowest BCUT2D eigenvalue weighted by Gasteiger charge is -2.23. The Morgan fingerprint density at radius 1 is 1.23 bits per heavy atom. The first-order valence-corrected chi connectivity index (χ1v) is 5.67. The van der Waals surface area contributed by atoms with Crippen LogP contribution in [0.25, 0.3) is 0 Å². The molecule has 76 valence electrons. The molecule has 1 heterocycles. The molecule has 2 atom stereocenters. The van der Waals surface area contributed by atoms with Crippen molar-refractivity contribution in [1.29, 1.82) is 0 Å². The second-order valence-corrected chi connectivity index (χ2v) is 4.96. The van der Waals surface area contributed by atoms with Crippen LogP contribution in [0.15, 0.2) is 0 Å². The monoisotopic (exact) mass is 182 g/mol. The van der Waals surface area contributed by atoms with Crippen molar-refractivity contribution in [2.45, 2.75) is 32.2 Å². The molecular weight excluding hydrogens is 160 g/mol. The molecule has 1 aliphatic heterocycles. The normalized spacial score (nSPS) is 34.4. The van der Waals surface area contributed by atoms with E-state index in [0.717, 1.165) is 17.9 Å². The maximum atomic E-state index is 3.52. The quantitative estimate of drug-likeness (QED) is 0.705. The van der Waals surface area contributed by atoms with E-state index in [1.54, 1.807) is 0 Å². The van der Waals surface area contributed by atoms with Crippen LogP contribution in [0.5, 0.6) is 0 Å². The minimum atomic E-state index is 0.738. The smallest absolute Gasteiger partial charge is 0.00796 e. The first-order chi connectivity index (χ1) is 6.25. The Kier molecular flexibility index (Phi) is 2.89. The van der Waals surface area contributed by atoms with E-state index in [0.29, 0.717) is 0 Å². The van der Waals surface area contributed by atoms with Gasteiger partial charge < -0.3 is 10.2 Å². The zero-order valence-corrected chi connectivity index (χ0v) is 8.92. The molecule has 1 N–H and O–H groups in total. The number of rotatable bonds is 4. The first-order valence-electron chi connectivity index (χ1n) is 5.67. The number of nitrogens with one attached hydrogen (secondary N) is 1. The summed E-state index contributed by atoms with van der Waals surface area (Å²) in [5.41, 5.74) is 0. The van der Waals surface area contributed by atoms with Gasteiger partial charge in [0.05, 0.1) is 0 Å². The van der Waals surface area contributed by atoms with Gasteiger partial charge in [-0.1, -0.05) is 0 Å². The molecule has 2 nitrogen and oxygen atoms in total. The van der Waals surface area contributed by atoms with E-state index in [9.17, 15) is 0 Å². The van der Waals surface area contributed by atoms with Crippen molar-refractivity contribution < 1.29 is 0 Å². The van der Waals surface area contributed by atoms with Crippen LogP contribution >= 0.6 is 0 Å². The minimum absolute atomic E-state index is 0.738. The molecule has 2 aliphatic rings. The Hall–Kier alpha value is -0.0800. The summed E-state index contributed by atoms with van der Waals surface area (Å²) in [6.45, 7) is 6.18. The maximum Gasteiger partial charge on any atom is 0.00796 e. The van der Waals surface area contributed by atoms with Gasteiger partial charge in [0, 0.05) is 19.1 Å². The predicted octanol–water partition coefficient (Wildman–Crippen LogP) is 1.33. The summed E-state index contributed by atoms with van der Waals surface area (Å²) in [4.78, 5) is 2.53. The summed E-state index contributed by atoms with van der Waals surface area (Å²) in [6, 6.07) is 0.738. The molecule has 0 aromatic rings. The Balaban J connectivity index is 1.69. The fourth-order valence-corrected chi connectivity index (χ4v) is 2.38. The van der Waals surface area contributed by atoms with Crippen LogP contribution in [0.1, 0.15) is 26.2 Å². The molecule has 2 heteroatoms. The van der Waals surface area contributed by atoms with Gasteiger partial charge in [0.25, 0.3) is 0 Å². The number of hydrogen-bond acceptors (Lipinski definition) is 2. The number of hydrogen-bond donors (Lipinski definition) is 1. The lowest BCUT2D eigenvalue weighted by molar-refractivity contribution is 0.257. The summed E-state index contributed by atoms with van der Waals surface area (Å²) in [7, 11) is 2.28. The van der Waals surface area contributed by atoms with Crippen LogP contribution in [-0.2, 0) is 0 Å². The molecular formula is C11H22N2. The Labute approximate surface area is 81.7 Å².